The van der Waals surface area contributed by atoms with Gasteiger partial charge < -0.3 is 15.8 Å². The maximum atomic E-state index is 12.8. The van der Waals surface area contributed by atoms with Gasteiger partial charge in [0.05, 0.1) is 26.1 Å². The van der Waals surface area contributed by atoms with Crippen LogP contribution in [0.5, 0.6) is 5.75 Å². The van der Waals surface area contributed by atoms with Crippen LogP contribution in [0.2, 0.25) is 0 Å². The summed E-state index contributed by atoms with van der Waals surface area (Å²) in [4.78, 5) is 11.4. The molecule has 0 heterocycles. The smallest absolute Gasteiger partial charge is 0.277 e. The van der Waals surface area contributed by atoms with Gasteiger partial charge in [-0.05, 0) is 37.1 Å². The molecule has 0 atom stereocenters. The van der Waals surface area contributed by atoms with Crippen molar-refractivity contribution in [3.63, 3.8) is 0 Å². The molecule has 4 nitrogen and oxygen atoms in total. The lowest BCUT2D eigenvalue weighted by Crippen LogP contribution is -2.41. The number of hydrogen-bond acceptors (Lipinski definition) is 3. The van der Waals surface area contributed by atoms with Crippen molar-refractivity contribution in [2.24, 2.45) is 5.73 Å². The number of nitrogens with two attached hydrogens (primary N) is 1. The van der Waals surface area contributed by atoms with Crippen LogP contribution < -0.4 is 15.8 Å². The fraction of sp³-hybridized carbons (Fsp3) is 0.500. The molecule has 0 radical (unpaired) electrons. The van der Waals surface area contributed by atoms with Gasteiger partial charge in [0.25, 0.3) is 5.92 Å². The predicted molar refractivity (Wildman–Crippen MR) is 80.3 cm³/mol. The fourth-order valence-corrected chi connectivity index (χ4v) is 1.45. The first-order chi connectivity index (χ1) is 9.34. The first-order valence-corrected chi connectivity index (χ1v) is 6.39. The highest BCUT2D eigenvalue weighted by Crippen LogP contribution is 2.16. The van der Waals surface area contributed by atoms with Crippen molar-refractivity contribution in [3.05, 3.63) is 29.3 Å². The SMILES string of the molecule is Cc1ccc(OCCC(=O)NCC(F)(F)CN)cc1C.Cl. The van der Waals surface area contributed by atoms with Crippen LogP contribution in [0.3, 0.4) is 0 Å². The van der Waals surface area contributed by atoms with Gasteiger partial charge in [-0.15, -0.1) is 12.4 Å². The van der Waals surface area contributed by atoms with E-state index in [1.165, 1.54) is 0 Å². The van der Waals surface area contributed by atoms with Gasteiger partial charge in [0, 0.05) is 0 Å². The molecule has 1 aromatic carbocycles. The van der Waals surface area contributed by atoms with Gasteiger partial charge in [-0.3, -0.25) is 4.79 Å². The molecule has 0 fully saturated rings. The summed E-state index contributed by atoms with van der Waals surface area (Å²) in [6.45, 7) is 2.56. The molecule has 0 unspecified atom stereocenters. The van der Waals surface area contributed by atoms with Gasteiger partial charge in [0.2, 0.25) is 5.91 Å². The molecule has 21 heavy (non-hydrogen) atoms. The van der Waals surface area contributed by atoms with Crippen molar-refractivity contribution in [2.45, 2.75) is 26.2 Å². The largest absolute Gasteiger partial charge is 0.493 e. The van der Waals surface area contributed by atoms with Crippen LogP contribution in [0.25, 0.3) is 0 Å². The lowest BCUT2D eigenvalue weighted by atomic mass is 10.1. The molecule has 1 aromatic rings. The van der Waals surface area contributed by atoms with E-state index in [4.69, 9.17) is 10.5 Å². The van der Waals surface area contributed by atoms with E-state index >= 15 is 0 Å². The monoisotopic (exact) mass is 322 g/mol. The average Bonchev–Trinajstić information content (AvgIpc) is 2.41. The summed E-state index contributed by atoms with van der Waals surface area (Å²) in [7, 11) is 0. The zero-order chi connectivity index (χ0) is 15.2. The molecule has 120 valence electrons. The maximum Gasteiger partial charge on any atom is 0.277 e. The molecule has 0 aliphatic carbocycles. The highest BCUT2D eigenvalue weighted by Gasteiger charge is 2.26. The number of alkyl halides is 2. The topological polar surface area (TPSA) is 64.3 Å². The summed E-state index contributed by atoms with van der Waals surface area (Å²) >= 11 is 0. The summed E-state index contributed by atoms with van der Waals surface area (Å²) < 4.78 is 31.0. The second-order valence-electron chi connectivity index (χ2n) is 4.68. The van der Waals surface area contributed by atoms with E-state index in [1.807, 2.05) is 32.0 Å². The number of carbonyl (C=O) groups excluding carboxylic acids is 1. The molecule has 0 bridgehead atoms. The van der Waals surface area contributed by atoms with Crippen molar-refractivity contribution in [1.29, 1.82) is 0 Å². The zero-order valence-electron chi connectivity index (χ0n) is 12.1. The molecule has 0 aromatic heterocycles. The van der Waals surface area contributed by atoms with Crippen molar-refractivity contribution in [3.8, 4) is 5.75 Å². The molecule has 0 aliphatic rings. The number of amides is 1. The summed E-state index contributed by atoms with van der Waals surface area (Å²) in [6.07, 6.45) is 0.0214. The van der Waals surface area contributed by atoms with E-state index in [1.54, 1.807) is 0 Å². The molecular weight excluding hydrogens is 302 g/mol. The van der Waals surface area contributed by atoms with Crippen LogP contribution in [-0.2, 0) is 4.79 Å². The highest BCUT2D eigenvalue weighted by molar-refractivity contribution is 5.85. The summed E-state index contributed by atoms with van der Waals surface area (Å²) in [6, 6.07) is 5.60. The van der Waals surface area contributed by atoms with Crippen molar-refractivity contribution < 1.29 is 18.3 Å². The number of ether oxygens (including phenoxy) is 1. The minimum absolute atomic E-state index is 0. The van der Waals surface area contributed by atoms with E-state index < -0.39 is 24.9 Å². The molecule has 0 saturated carbocycles. The predicted octanol–water partition coefficient (Wildman–Crippen LogP) is 2.20. The van der Waals surface area contributed by atoms with Crippen LogP contribution >= 0.6 is 12.4 Å². The second-order valence-corrected chi connectivity index (χ2v) is 4.68. The highest BCUT2D eigenvalue weighted by atomic mass is 35.5. The molecule has 1 amide bonds. The third-order valence-electron chi connectivity index (χ3n) is 2.92. The Hall–Kier alpha value is -1.40. The fourth-order valence-electron chi connectivity index (χ4n) is 1.45. The lowest BCUT2D eigenvalue weighted by Gasteiger charge is -2.14. The Morgan fingerprint density at radius 1 is 1.33 bits per heavy atom. The van der Waals surface area contributed by atoms with Crippen LogP contribution in [-0.4, -0.2) is 31.5 Å². The number of benzene rings is 1. The number of rotatable bonds is 7. The Balaban J connectivity index is 0.00000400. The molecular formula is C14H21ClF2N2O2. The lowest BCUT2D eigenvalue weighted by molar-refractivity contribution is -0.123. The number of aryl methyl sites for hydroxylation is 2. The Labute approximate surface area is 129 Å². The van der Waals surface area contributed by atoms with Gasteiger partial charge in [0.1, 0.15) is 5.75 Å². The van der Waals surface area contributed by atoms with Crippen LogP contribution in [0.4, 0.5) is 8.78 Å². The molecule has 1 rings (SSSR count). The Morgan fingerprint density at radius 3 is 2.57 bits per heavy atom. The van der Waals surface area contributed by atoms with Crippen LogP contribution in [0.15, 0.2) is 18.2 Å². The molecule has 0 aliphatic heterocycles. The van der Waals surface area contributed by atoms with E-state index in [9.17, 15) is 13.6 Å². The standard InChI is InChI=1S/C14H20F2N2O2.ClH/c1-10-3-4-12(7-11(10)2)20-6-5-13(19)18-9-14(15,16)8-17;/h3-4,7H,5-6,8-9,17H2,1-2H3,(H,18,19);1H. The third kappa shape index (κ3) is 7.24. The molecule has 3 N–H and O–H groups in total. The zero-order valence-corrected chi connectivity index (χ0v) is 12.9. The summed E-state index contributed by atoms with van der Waals surface area (Å²) in [5, 5.41) is 2.13. The molecule has 7 heteroatoms. The minimum atomic E-state index is -3.06. The molecule has 0 spiro atoms. The van der Waals surface area contributed by atoms with Crippen molar-refractivity contribution in [2.75, 3.05) is 19.7 Å². The second kappa shape index (κ2) is 8.79. The van der Waals surface area contributed by atoms with Gasteiger partial charge in [0.15, 0.2) is 0 Å². The number of carbonyl (C=O) groups is 1. The normalized spacial score (nSPS) is 10.7. The quantitative estimate of drug-likeness (QED) is 0.809. The van der Waals surface area contributed by atoms with E-state index in [2.05, 4.69) is 5.32 Å². The number of halogens is 3. The Bertz CT molecular complexity index is 470. The first-order valence-electron chi connectivity index (χ1n) is 6.39. The Kier molecular flexibility index (Phi) is 8.21. The third-order valence-corrected chi connectivity index (χ3v) is 2.92. The first kappa shape index (κ1) is 19.6. The van der Waals surface area contributed by atoms with Gasteiger partial charge >= 0.3 is 0 Å². The minimum Gasteiger partial charge on any atom is -0.493 e. The van der Waals surface area contributed by atoms with Crippen molar-refractivity contribution >= 4 is 18.3 Å². The van der Waals surface area contributed by atoms with Crippen molar-refractivity contribution in [1.82, 2.24) is 5.32 Å². The van der Waals surface area contributed by atoms with Gasteiger partial charge in [-0.25, -0.2) is 8.78 Å². The number of hydrogen-bond donors (Lipinski definition) is 2. The van der Waals surface area contributed by atoms with Crippen LogP contribution in [0.1, 0.15) is 17.5 Å². The molecule has 0 saturated heterocycles. The van der Waals surface area contributed by atoms with E-state index in [0.717, 1.165) is 11.1 Å². The van der Waals surface area contributed by atoms with Crippen LogP contribution in [0, 0.1) is 13.8 Å². The number of nitrogens with one attached hydrogen (secondary N) is 1. The average molecular weight is 323 g/mol. The van der Waals surface area contributed by atoms with Gasteiger partial charge in [-0.2, -0.15) is 0 Å². The van der Waals surface area contributed by atoms with E-state index in [-0.39, 0.29) is 25.4 Å². The van der Waals surface area contributed by atoms with Gasteiger partial charge in [-0.1, -0.05) is 6.07 Å². The summed E-state index contributed by atoms with van der Waals surface area (Å²) in [5.41, 5.74) is 7.11. The Morgan fingerprint density at radius 2 is 2.00 bits per heavy atom. The maximum absolute atomic E-state index is 12.8. The summed E-state index contributed by atoms with van der Waals surface area (Å²) in [5.74, 6) is -2.89. The van der Waals surface area contributed by atoms with E-state index in [0.29, 0.717) is 5.75 Å².